The van der Waals surface area contributed by atoms with E-state index in [0.29, 0.717) is 23.9 Å². The van der Waals surface area contributed by atoms with Crippen molar-refractivity contribution in [2.24, 2.45) is 11.8 Å². The van der Waals surface area contributed by atoms with Crippen LogP contribution in [0.5, 0.6) is 0 Å². The lowest BCUT2D eigenvalue weighted by Gasteiger charge is -2.34. The van der Waals surface area contributed by atoms with E-state index < -0.39 is 0 Å². The Morgan fingerprint density at radius 1 is 1.15 bits per heavy atom. The molecule has 0 spiro atoms. The lowest BCUT2D eigenvalue weighted by molar-refractivity contribution is -0.121. The first-order chi connectivity index (χ1) is 12.7. The minimum Gasteiger partial charge on any atom is -0.352 e. The highest BCUT2D eigenvalue weighted by Gasteiger charge is 2.22. The normalized spacial score (nSPS) is 21.7. The molecule has 1 heterocycles. The largest absolute Gasteiger partial charge is 0.352 e. The van der Waals surface area contributed by atoms with Crippen LogP contribution in [-0.4, -0.2) is 30.4 Å². The molecule has 1 atom stereocenters. The van der Waals surface area contributed by atoms with E-state index in [2.05, 4.69) is 22.4 Å². The number of likely N-dealkylation sites (tertiary alicyclic amines) is 1. The Morgan fingerprint density at radius 2 is 2.00 bits per heavy atom. The number of nitrogens with one attached hydrogen (secondary N) is 1. The maximum Gasteiger partial charge on any atom is 0.220 e. The predicted octanol–water partition coefficient (Wildman–Crippen LogP) is 4.80. The molecule has 0 unspecified atom stereocenters. The molecule has 1 fully saturated rings. The van der Waals surface area contributed by atoms with Crippen LogP contribution in [0.4, 0.5) is 0 Å². The van der Waals surface area contributed by atoms with Gasteiger partial charge in [-0.2, -0.15) is 0 Å². The molecule has 142 valence electrons. The zero-order valence-electron chi connectivity index (χ0n) is 15.6. The van der Waals surface area contributed by atoms with E-state index in [4.69, 9.17) is 11.6 Å². The third-order valence-electron chi connectivity index (χ3n) is 5.76. The number of nitrogens with zero attached hydrogens (tertiary/aromatic N) is 1. The van der Waals surface area contributed by atoms with E-state index in [1.807, 2.05) is 24.3 Å². The van der Waals surface area contributed by atoms with Crippen molar-refractivity contribution >= 4 is 17.5 Å². The van der Waals surface area contributed by atoms with E-state index in [1.165, 1.54) is 51.7 Å². The molecule has 4 heteroatoms. The van der Waals surface area contributed by atoms with Crippen molar-refractivity contribution in [2.45, 2.75) is 51.5 Å². The molecule has 1 aliphatic carbocycles. The molecule has 1 saturated heterocycles. The first kappa shape index (κ1) is 19.4. The summed E-state index contributed by atoms with van der Waals surface area (Å²) in [6.07, 6.45) is 12.7. The molecule has 1 aromatic carbocycles. The van der Waals surface area contributed by atoms with Gasteiger partial charge in [0.25, 0.3) is 0 Å². The van der Waals surface area contributed by atoms with Crippen LogP contribution >= 0.6 is 11.6 Å². The number of hydrogen-bond donors (Lipinski definition) is 1. The van der Waals surface area contributed by atoms with Gasteiger partial charge in [-0.25, -0.2) is 0 Å². The first-order valence-corrected chi connectivity index (χ1v) is 10.5. The van der Waals surface area contributed by atoms with E-state index in [-0.39, 0.29) is 5.91 Å². The molecule has 1 aliphatic heterocycles. The monoisotopic (exact) mass is 374 g/mol. The summed E-state index contributed by atoms with van der Waals surface area (Å²) in [7, 11) is 0. The number of carbonyl (C=O) groups is 1. The molecular formula is C22H31ClN2O. The van der Waals surface area contributed by atoms with Gasteiger partial charge in [-0.15, -0.1) is 0 Å². The highest BCUT2D eigenvalue weighted by molar-refractivity contribution is 6.30. The van der Waals surface area contributed by atoms with Crippen LogP contribution in [0.25, 0.3) is 0 Å². The van der Waals surface area contributed by atoms with Crippen LogP contribution in [-0.2, 0) is 11.3 Å². The standard InChI is InChI=1S/C22H31ClN2O/c23-21-8-4-7-20(15-21)16-24-22(26)10-9-18-11-13-25(14-12-18)17-19-5-2-1-3-6-19/h1-2,4,7-8,15,18-19H,3,5-6,9-14,16-17H2,(H,24,26)/t19-/m0/s1. The number of piperidine rings is 1. The van der Waals surface area contributed by atoms with Gasteiger partial charge in [0.15, 0.2) is 0 Å². The maximum atomic E-state index is 12.1. The van der Waals surface area contributed by atoms with Crippen LogP contribution in [0.15, 0.2) is 36.4 Å². The second-order valence-corrected chi connectivity index (χ2v) is 8.28. The van der Waals surface area contributed by atoms with E-state index in [1.54, 1.807) is 0 Å². The van der Waals surface area contributed by atoms with Gasteiger partial charge in [0.1, 0.15) is 0 Å². The highest BCUT2D eigenvalue weighted by Crippen LogP contribution is 2.25. The van der Waals surface area contributed by atoms with Gasteiger partial charge in [-0.05, 0) is 81.1 Å². The highest BCUT2D eigenvalue weighted by atomic mass is 35.5. The molecule has 26 heavy (non-hydrogen) atoms. The van der Waals surface area contributed by atoms with Gasteiger partial charge in [0.05, 0.1) is 0 Å². The molecule has 0 bridgehead atoms. The Hall–Kier alpha value is -1.32. The van der Waals surface area contributed by atoms with Crippen LogP contribution in [0.1, 0.15) is 50.5 Å². The molecular weight excluding hydrogens is 344 g/mol. The Bertz CT molecular complexity index is 608. The second kappa shape index (κ2) is 10.1. The number of halogens is 1. The van der Waals surface area contributed by atoms with Crippen molar-refractivity contribution in [3.05, 3.63) is 47.0 Å². The average Bonchev–Trinajstić information content (AvgIpc) is 2.67. The van der Waals surface area contributed by atoms with Crippen molar-refractivity contribution in [3.8, 4) is 0 Å². The Balaban J connectivity index is 1.29. The summed E-state index contributed by atoms with van der Waals surface area (Å²) in [4.78, 5) is 14.7. The van der Waals surface area contributed by atoms with Crippen molar-refractivity contribution in [2.75, 3.05) is 19.6 Å². The Morgan fingerprint density at radius 3 is 2.73 bits per heavy atom. The van der Waals surface area contributed by atoms with Crippen LogP contribution in [0.3, 0.4) is 0 Å². The molecule has 1 amide bonds. The van der Waals surface area contributed by atoms with Gasteiger partial charge in [0, 0.05) is 24.5 Å². The lowest BCUT2D eigenvalue weighted by atomic mass is 9.89. The third kappa shape index (κ3) is 6.44. The fourth-order valence-electron chi connectivity index (χ4n) is 4.12. The number of hydrogen-bond acceptors (Lipinski definition) is 2. The summed E-state index contributed by atoms with van der Waals surface area (Å²) in [5.41, 5.74) is 1.05. The number of allylic oxidation sites excluding steroid dienone is 2. The van der Waals surface area contributed by atoms with Crippen LogP contribution < -0.4 is 5.32 Å². The van der Waals surface area contributed by atoms with Crippen molar-refractivity contribution in [1.29, 1.82) is 0 Å². The second-order valence-electron chi connectivity index (χ2n) is 7.84. The van der Waals surface area contributed by atoms with Gasteiger partial charge >= 0.3 is 0 Å². The summed E-state index contributed by atoms with van der Waals surface area (Å²) in [5, 5.41) is 3.73. The number of benzene rings is 1. The predicted molar refractivity (Wildman–Crippen MR) is 108 cm³/mol. The smallest absolute Gasteiger partial charge is 0.220 e. The SMILES string of the molecule is O=C(CCC1CCN(C[C@H]2CC=CCC2)CC1)NCc1cccc(Cl)c1. The quantitative estimate of drug-likeness (QED) is 0.695. The molecule has 0 radical (unpaired) electrons. The molecule has 0 saturated carbocycles. The van der Waals surface area contributed by atoms with Crippen LogP contribution in [0.2, 0.25) is 5.02 Å². The summed E-state index contributed by atoms with van der Waals surface area (Å²) >= 11 is 5.98. The van der Waals surface area contributed by atoms with E-state index >= 15 is 0 Å². The van der Waals surface area contributed by atoms with Gasteiger partial charge in [0.2, 0.25) is 5.91 Å². The summed E-state index contributed by atoms with van der Waals surface area (Å²) in [6, 6.07) is 7.66. The minimum atomic E-state index is 0.154. The topological polar surface area (TPSA) is 32.3 Å². The molecule has 1 aromatic rings. The number of amides is 1. The van der Waals surface area contributed by atoms with Crippen LogP contribution in [0, 0.1) is 11.8 Å². The van der Waals surface area contributed by atoms with Gasteiger partial charge in [-0.1, -0.05) is 35.9 Å². The van der Waals surface area contributed by atoms with Crippen molar-refractivity contribution in [3.63, 3.8) is 0 Å². The minimum absolute atomic E-state index is 0.154. The van der Waals surface area contributed by atoms with E-state index in [9.17, 15) is 4.79 Å². The van der Waals surface area contributed by atoms with Crippen molar-refractivity contribution < 1.29 is 4.79 Å². The zero-order valence-corrected chi connectivity index (χ0v) is 16.4. The molecule has 3 nitrogen and oxygen atoms in total. The Kier molecular flexibility index (Phi) is 7.57. The molecule has 0 aromatic heterocycles. The van der Waals surface area contributed by atoms with Crippen molar-refractivity contribution in [1.82, 2.24) is 10.2 Å². The summed E-state index contributed by atoms with van der Waals surface area (Å²) < 4.78 is 0. The Labute approximate surface area is 162 Å². The summed E-state index contributed by atoms with van der Waals surface area (Å²) in [6.45, 7) is 4.23. The lowest BCUT2D eigenvalue weighted by Crippen LogP contribution is -2.37. The van der Waals surface area contributed by atoms with Gasteiger partial charge in [-0.3, -0.25) is 4.79 Å². The molecule has 3 rings (SSSR count). The fraction of sp³-hybridized carbons (Fsp3) is 0.591. The fourth-order valence-corrected chi connectivity index (χ4v) is 4.33. The first-order valence-electron chi connectivity index (χ1n) is 10.1. The molecule has 2 aliphatic rings. The zero-order chi connectivity index (χ0) is 18.2. The number of carbonyl (C=O) groups excluding carboxylic acids is 1. The molecule has 1 N–H and O–H groups in total. The maximum absolute atomic E-state index is 12.1. The van der Waals surface area contributed by atoms with Gasteiger partial charge < -0.3 is 10.2 Å². The van der Waals surface area contributed by atoms with E-state index in [0.717, 1.165) is 17.9 Å². The third-order valence-corrected chi connectivity index (χ3v) is 5.99. The number of rotatable bonds is 7. The average molecular weight is 375 g/mol. The summed E-state index contributed by atoms with van der Waals surface area (Å²) in [5.74, 6) is 1.71.